The van der Waals surface area contributed by atoms with Gasteiger partial charge in [-0.2, -0.15) is 4.98 Å². The predicted octanol–water partition coefficient (Wildman–Crippen LogP) is 0.891. The number of piperazine rings is 1. The van der Waals surface area contributed by atoms with Crippen LogP contribution in [0.3, 0.4) is 0 Å². The van der Waals surface area contributed by atoms with Crippen LogP contribution in [-0.2, 0) is 14.4 Å². The van der Waals surface area contributed by atoms with Crippen molar-refractivity contribution in [1.29, 1.82) is 0 Å². The van der Waals surface area contributed by atoms with E-state index in [1.807, 2.05) is 34.1 Å². The first-order valence-corrected chi connectivity index (χ1v) is 18.0. The molecular formula is C36H39N11O6. The summed E-state index contributed by atoms with van der Waals surface area (Å²) in [6.07, 6.45) is 3.42. The molecule has 1 aromatic heterocycles. The van der Waals surface area contributed by atoms with Gasteiger partial charge in [0.2, 0.25) is 23.7 Å². The van der Waals surface area contributed by atoms with E-state index in [-0.39, 0.29) is 47.3 Å². The van der Waals surface area contributed by atoms with E-state index < -0.39 is 35.6 Å². The lowest BCUT2D eigenvalue weighted by atomic mass is 9.96. The highest BCUT2D eigenvalue weighted by Gasteiger charge is 2.45. The van der Waals surface area contributed by atoms with E-state index in [1.54, 1.807) is 18.2 Å². The van der Waals surface area contributed by atoms with E-state index in [0.717, 1.165) is 54.3 Å². The van der Waals surface area contributed by atoms with Gasteiger partial charge in [0.1, 0.15) is 6.04 Å². The normalized spacial score (nSPS) is 20.7. The van der Waals surface area contributed by atoms with Crippen LogP contribution in [0.1, 0.15) is 63.3 Å². The Bertz CT molecular complexity index is 2000. The lowest BCUT2D eigenvalue weighted by molar-refractivity contribution is -0.137. The monoisotopic (exact) mass is 721 g/mol. The number of anilines is 5. The van der Waals surface area contributed by atoms with Crippen LogP contribution < -0.4 is 31.1 Å². The Morgan fingerprint density at radius 3 is 2.17 bits per heavy atom. The maximum Gasteiger partial charge on any atom is 0.273 e. The molecule has 0 spiro atoms. The van der Waals surface area contributed by atoms with Gasteiger partial charge in [0.25, 0.3) is 17.7 Å². The molecule has 0 saturated carbocycles. The summed E-state index contributed by atoms with van der Waals surface area (Å²) in [5.41, 5.74) is 8.43. The molecule has 6 heterocycles. The van der Waals surface area contributed by atoms with Gasteiger partial charge in [-0.1, -0.05) is 0 Å². The molecule has 4 saturated heterocycles. The number of rotatable bonds is 8. The molecule has 3 aromatic rings. The minimum atomic E-state index is -1.02. The molecule has 1 unspecified atom stereocenters. The van der Waals surface area contributed by atoms with Crippen molar-refractivity contribution in [2.75, 3.05) is 72.4 Å². The van der Waals surface area contributed by atoms with Crippen molar-refractivity contribution in [2.45, 2.75) is 38.1 Å². The molecule has 5 aliphatic heterocycles. The van der Waals surface area contributed by atoms with Gasteiger partial charge in [0.15, 0.2) is 11.5 Å². The molecule has 5 aliphatic rings. The van der Waals surface area contributed by atoms with Gasteiger partial charge in [-0.15, -0.1) is 10.2 Å². The first-order valence-electron chi connectivity index (χ1n) is 18.0. The maximum atomic E-state index is 13.4. The Kier molecular flexibility index (Phi) is 8.83. The third kappa shape index (κ3) is 6.46. The van der Waals surface area contributed by atoms with Crippen LogP contribution in [-0.4, -0.2) is 119 Å². The first-order chi connectivity index (χ1) is 25.6. The Balaban J connectivity index is 0.839. The van der Waals surface area contributed by atoms with Gasteiger partial charge < -0.3 is 30.7 Å². The molecule has 8 rings (SSSR count). The fourth-order valence-corrected chi connectivity index (χ4v) is 7.64. The van der Waals surface area contributed by atoms with E-state index in [2.05, 4.69) is 35.6 Å². The number of nitrogens with zero attached hydrogens (tertiary/aromatic N) is 8. The predicted molar refractivity (Wildman–Crippen MR) is 192 cm³/mol. The number of carbonyl (C=O) groups is 6. The fraction of sp³-hybridized carbons (Fsp3) is 0.417. The van der Waals surface area contributed by atoms with Gasteiger partial charge in [-0.3, -0.25) is 39.0 Å². The molecule has 0 radical (unpaired) electrons. The van der Waals surface area contributed by atoms with Crippen LogP contribution >= 0.6 is 0 Å². The second-order valence-corrected chi connectivity index (χ2v) is 14.0. The van der Waals surface area contributed by atoms with Crippen molar-refractivity contribution in [2.24, 2.45) is 11.7 Å². The molecule has 0 aliphatic carbocycles. The minimum absolute atomic E-state index is 0.0255. The number of amides is 6. The van der Waals surface area contributed by atoms with Crippen molar-refractivity contribution in [3.05, 3.63) is 59.3 Å². The summed E-state index contributed by atoms with van der Waals surface area (Å²) in [6.45, 7) is 5.14. The average Bonchev–Trinajstić information content (AvgIpc) is 3.39. The zero-order valence-corrected chi connectivity index (χ0v) is 29.0. The number of piperidine rings is 2. The zero-order chi connectivity index (χ0) is 36.8. The van der Waals surface area contributed by atoms with Gasteiger partial charge in [0, 0.05) is 75.8 Å². The maximum absolute atomic E-state index is 13.4. The Labute approximate surface area is 304 Å². The number of benzene rings is 2. The van der Waals surface area contributed by atoms with Crippen molar-refractivity contribution < 1.29 is 28.8 Å². The van der Waals surface area contributed by atoms with E-state index in [9.17, 15) is 28.8 Å². The number of carbonyl (C=O) groups excluding carboxylic acids is 6. The molecule has 17 heteroatoms. The van der Waals surface area contributed by atoms with Gasteiger partial charge >= 0.3 is 0 Å². The number of aromatic nitrogens is 3. The third-order valence-corrected chi connectivity index (χ3v) is 10.7. The van der Waals surface area contributed by atoms with E-state index >= 15 is 0 Å². The number of imide groups is 2. The molecule has 53 heavy (non-hydrogen) atoms. The standard InChI is InChI=1S/C36H39N11O6/c37-30(49)29-31(40-36(42-41-29)45-12-2-1-3-13-45)38-22-4-6-23(7-5-22)43-14-16-44(17-15-43)33(51)21-19-46(20-21)24-8-9-25-26(18-24)35(53)47(34(25)52)27-10-11-28(48)39-32(27)50/h4-9,18,21,27H,1-3,10-17,19-20H2,(H2,37,49)(H,38,40,42)(H,39,48,50). The summed E-state index contributed by atoms with van der Waals surface area (Å²) in [5.74, 6) is -2.25. The summed E-state index contributed by atoms with van der Waals surface area (Å²) >= 11 is 0. The Hall–Kier alpha value is -6.13. The number of hydrogen-bond acceptors (Lipinski definition) is 13. The summed E-state index contributed by atoms with van der Waals surface area (Å²) in [5, 5.41) is 13.6. The SMILES string of the molecule is NC(=O)c1nnc(N2CCCCC2)nc1Nc1ccc(N2CCN(C(=O)C3CN(c4ccc5c(c4)C(=O)N(C4CCC(=O)NC4=O)C5=O)C3)CC2)cc1. The van der Waals surface area contributed by atoms with Crippen LogP contribution in [0.5, 0.6) is 0 Å². The third-order valence-electron chi connectivity index (χ3n) is 10.7. The molecule has 274 valence electrons. The lowest BCUT2D eigenvalue weighted by Gasteiger charge is -2.44. The zero-order valence-electron chi connectivity index (χ0n) is 29.0. The number of hydrogen-bond donors (Lipinski definition) is 3. The van der Waals surface area contributed by atoms with E-state index in [0.29, 0.717) is 45.2 Å². The first kappa shape index (κ1) is 34.0. The van der Waals surface area contributed by atoms with Gasteiger partial charge in [-0.25, -0.2) is 0 Å². The molecule has 4 fully saturated rings. The van der Waals surface area contributed by atoms with Crippen LogP contribution in [0.25, 0.3) is 0 Å². The number of nitrogens with two attached hydrogens (primary N) is 1. The highest BCUT2D eigenvalue weighted by molar-refractivity contribution is 6.23. The van der Waals surface area contributed by atoms with Crippen LogP contribution in [0.15, 0.2) is 42.5 Å². The molecule has 4 N–H and O–H groups in total. The topological polar surface area (TPSA) is 207 Å². The minimum Gasteiger partial charge on any atom is -0.370 e. The van der Waals surface area contributed by atoms with Crippen LogP contribution in [0.4, 0.5) is 28.8 Å². The second-order valence-electron chi connectivity index (χ2n) is 14.0. The molecule has 17 nitrogen and oxygen atoms in total. The highest BCUT2D eigenvalue weighted by Crippen LogP contribution is 2.34. The molecule has 0 bridgehead atoms. The fourth-order valence-electron chi connectivity index (χ4n) is 7.64. The quantitative estimate of drug-likeness (QED) is 0.277. The van der Waals surface area contributed by atoms with E-state index in [4.69, 9.17) is 5.73 Å². The summed E-state index contributed by atoms with van der Waals surface area (Å²) in [7, 11) is 0. The number of fused-ring (bicyclic) bond motifs is 1. The smallest absolute Gasteiger partial charge is 0.273 e. The lowest BCUT2D eigenvalue weighted by Crippen LogP contribution is -2.58. The van der Waals surface area contributed by atoms with Crippen molar-refractivity contribution in [3.8, 4) is 0 Å². The molecule has 2 aromatic carbocycles. The van der Waals surface area contributed by atoms with Gasteiger partial charge in [-0.05, 0) is 68.1 Å². The van der Waals surface area contributed by atoms with Gasteiger partial charge in [0.05, 0.1) is 17.0 Å². The number of nitrogens with one attached hydrogen (secondary N) is 2. The van der Waals surface area contributed by atoms with Crippen molar-refractivity contribution >= 4 is 64.3 Å². The average molecular weight is 722 g/mol. The summed E-state index contributed by atoms with van der Waals surface area (Å²) < 4.78 is 0. The van der Waals surface area contributed by atoms with Crippen molar-refractivity contribution in [1.82, 2.24) is 30.3 Å². The summed E-state index contributed by atoms with van der Waals surface area (Å²) in [6, 6.07) is 11.7. The number of primary amides is 1. The molecular weight excluding hydrogens is 682 g/mol. The van der Waals surface area contributed by atoms with Crippen LogP contribution in [0.2, 0.25) is 0 Å². The van der Waals surface area contributed by atoms with Crippen LogP contribution in [0, 0.1) is 5.92 Å². The van der Waals surface area contributed by atoms with E-state index in [1.165, 1.54) is 0 Å². The molecule has 6 amide bonds. The highest BCUT2D eigenvalue weighted by atomic mass is 16.2. The molecule has 1 atom stereocenters. The second kappa shape index (κ2) is 13.8. The Morgan fingerprint density at radius 2 is 1.47 bits per heavy atom. The van der Waals surface area contributed by atoms with Crippen molar-refractivity contribution in [3.63, 3.8) is 0 Å². The Morgan fingerprint density at radius 1 is 0.774 bits per heavy atom. The summed E-state index contributed by atoms with van der Waals surface area (Å²) in [4.78, 5) is 89.4. The largest absolute Gasteiger partial charge is 0.370 e.